The Hall–Kier alpha value is -0.0800. The number of nitrogens with one attached hydrogen (secondary N) is 1. The van der Waals surface area contributed by atoms with Crippen LogP contribution in [-0.2, 0) is 0 Å². The molecule has 1 heterocycles. The van der Waals surface area contributed by atoms with Gasteiger partial charge < -0.3 is 10.2 Å². The van der Waals surface area contributed by atoms with Crippen LogP contribution in [0.25, 0.3) is 0 Å². The quantitative estimate of drug-likeness (QED) is 0.792. The first-order chi connectivity index (χ1) is 7.65. The van der Waals surface area contributed by atoms with E-state index >= 15 is 0 Å². The highest BCUT2D eigenvalue weighted by Gasteiger charge is 2.29. The standard InChI is InChI=1S/C14H28N2/c1-11(14-4-5-14)10-16-8-6-12(2)15-13(3)7-9-16/h11-15H,4-10H2,1-3H3. The summed E-state index contributed by atoms with van der Waals surface area (Å²) in [6.45, 7) is 11.0. The highest BCUT2D eigenvalue weighted by Crippen LogP contribution is 2.36. The van der Waals surface area contributed by atoms with E-state index in [1.54, 1.807) is 0 Å². The Bertz CT molecular complexity index is 201. The van der Waals surface area contributed by atoms with Crippen molar-refractivity contribution in [2.24, 2.45) is 11.8 Å². The Balaban J connectivity index is 1.78. The van der Waals surface area contributed by atoms with E-state index in [2.05, 4.69) is 31.0 Å². The lowest BCUT2D eigenvalue weighted by molar-refractivity contribution is 0.188. The molecule has 1 saturated carbocycles. The Morgan fingerprint density at radius 2 is 1.62 bits per heavy atom. The molecule has 0 aromatic heterocycles. The van der Waals surface area contributed by atoms with Crippen molar-refractivity contribution in [2.75, 3.05) is 19.6 Å². The van der Waals surface area contributed by atoms with Crippen molar-refractivity contribution in [1.82, 2.24) is 10.2 Å². The molecule has 2 aliphatic rings. The third kappa shape index (κ3) is 3.74. The van der Waals surface area contributed by atoms with E-state index in [9.17, 15) is 0 Å². The van der Waals surface area contributed by atoms with Gasteiger partial charge in [0.15, 0.2) is 0 Å². The Morgan fingerprint density at radius 3 is 2.12 bits per heavy atom. The van der Waals surface area contributed by atoms with Crippen molar-refractivity contribution in [3.05, 3.63) is 0 Å². The minimum Gasteiger partial charge on any atom is -0.312 e. The summed E-state index contributed by atoms with van der Waals surface area (Å²) in [6, 6.07) is 1.38. The maximum absolute atomic E-state index is 3.66. The van der Waals surface area contributed by atoms with Gasteiger partial charge in [-0.25, -0.2) is 0 Å². The summed E-state index contributed by atoms with van der Waals surface area (Å²) in [6.07, 6.45) is 5.59. The third-order valence-electron chi connectivity index (χ3n) is 4.30. The van der Waals surface area contributed by atoms with E-state index in [-0.39, 0.29) is 0 Å². The van der Waals surface area contributed by atoms with Crippen molar-refractivity contribution in [1.29, 1.82) is 0 Å². The fourth-order valence-electron chi connectivity index (χ4n) is 2.92. The van der Waals surface area contributed by atoms with Gasteiger partial charge in [-0.05, 0) is 64.5 Å². The number of nitrogens with zero attached hydrogens (tertiary/aromatic N) is 1. The lowest BCUT2D eigenvalue weighted by Crippen LogP contribution is -2.44. The van der Waals surface area contributed by atoms with E-state index in [1.165, 1.54) is 45.3 Å². The fraction of sp³-hybridized carbons (Fsp3) is 1.00. The predicted octanol–water partition coefficient (Wildman–Crippen LogP) is 2.49. The molecule has 1 N–H and O–H groups in total. The van der Waals surface area contributed by atoms with E-state index in [4.69, 9.17) is 0 Å². The van der Waals surface area contributed by atoms with Crippen LogP contribution in [-0.4, -0.2) is 36.6 Å². The lowest BCUT2D eigenvalue weighted by Gasteiger charge is -2.32. The Morgan fingerprint density at radius 1 is 1.06 bits per heavy atom. The second-order valence-corrected chi connectivity index (χ2v) is 6.16. The van der Waals surface area contributed by atoms with Crippen molar-refractivity contribution in [3.63, 3.8) is 0 Å². The average Bonchev–Trinajstić information content (AvgIpc) is 3.03. The molecular formula is C14H28N2. The highest BCUT2D eigenvalue weighted by molar-refractivity contribution is 4.82. The molecule has 1 saturated heterocycles. The molecule has 2 fully saturated rings. The van der Waals surface area contributed by atoms with Crippen LogP contribution in [0.4, 0.5) is 0 Å². The van der Waals surface area contributed by atoms with Crippen molar-refractivity contribution in [3.8, 4) is 0 Å². The van der Waals surface area contributed by atoms with Crippen LogP contribution < -0.4 is 5.32 Å². The normalized spacial score (nSPS) is 35.4. The topological polar surface area (TPSA) is 15.3 Å². The average molecular weight is 224 g/mol. The molecule has 0 bridgehead atoms. The van der Waals surface area contributed by atoms with E-state index < -0.39 is 0 Å². The van der Waals surface area contributed by atoms with Gasteiger partial charge in [0.2, 0.25) is 0 Å². The monoisotopic (exact) mass is 224 g/mol. The molecule has 3 unspecified atom stereocenters. The van der Waals surface area contributed by atoms with Gasteiger partial charge in [0.25, 0.3) is 0 Å². The van der Waals surface area contributed by atoms with Gasteiger partial charge in [-0.1, -0.05) is 6.92 Å². The Kier molecular flexibility index (Phi) is 4.26. The maximum atomic E-state index is 3.66. The summed E-state index contributed by atoms with van der Waals surface area (Å²) < 4.78 is 0. The number of hydrogen-bond acceptors (Lipinski definition) is 2. The minimum atomic E-state index is 0.689. The number of rotatable bonds is 3. The zero-order valence-corrected chi connectivity index (χ0v) is 11.2. The van der Waals surface area contributed by atoms with Crippen LogP contribution in [0, 0.1) is 11.8 Å². The van der Waals surface area contributed by atoms with Crippen molar-refractivity contribution in [2.45, 2.75) is 58.5 Å². The van der Waals surface area contributed by atoms with Gasteiger partial charge in [-0.3, -0.25) is 0 Å². The second kappa shape index (κ2) is 5.50. The predicted molar refractivity (Wildman–Crippen MR) is 69.6 cm³/mol. The molecule has 16 heavy (non-hydrogen) atoms. The maximum Gasteiger partial charge on any atom is 0.00533 e. The smallest absolute Gasteiger partial charge is 0.00533 e. The molecule has 0 aromatic rings. The first-order valence-corrected chi connectivity index (χ1v) is 7.13. The molecule has 1 aliphatic heterocycles. The summed E-state index contributed by atoms with van der Waals surface area (Å²) in [5.41, 5.74) is 0. The Labute approximate surface area is 101 Å². The lowest BCUT2D eigenvalue weighted by atomic mass is 10.0. The summed E-state index contributed by atoms with van der Waals surface area (Å²) in [4.78, 5) is 2.71. The molecular weight excluding hydrogens is 196 g/mol. The minimum absolute atomic E-state index is 0.689. The molecule has 0 aromatic carbocycles. The highest BCUT2D eigenvalue weighted by atomic mass is 15.1. The van der Waals surface area contributed by atoms with Crippen LogP contribution in [0.5, 0.6) is 0 Å². The fourth-order valence-corrected chi connectivity index (χ4v) is 2.92. The van der Waals surface area contributed by atoms with Gasteiger partial charge in [0.05, 0.1) is 0 Å². The molecule has 2 nitrogen and oxygen atoms in total. The summed E-state index contributed by atoms with van der Waals surface area (Å²) in [5, 5.41) is 3.66. The molecule has 3 atom stereocenters. The SMILES string of the molecule is CC1CCN(CC(C)C2CC2)CCC(C)N1. The first-order valence-electron chi connectivity index (χ1n) is 7.13. The third-order valence-corrected chi connectivity index (χ3v) is 4.30. The molecule has 94 valence electrons. The molecule has 1 aliphatic carbocycles. The van der Waals surface area contributed by atoms with E-state index in [0.29, 0.717) is 12.1 Å². The van der Waals surface area contributed by atoms with Crippen molar-refractivity contribution < 1.29 is 0 Å². The summed E-state index contributed by atoms with van der Waals surface area (Å²) >= 11 is 0. The van der Waals surface area contributed by atoms with E-state index in [1.807, 2.05) is 0 Å². The largest absolute Gasteiger partial charge is 0.312 e. The van der Waals surface area contributed by atoms with Gasteiger partial charge in [0.1, 0.15) is 0 Å². The van der Waals surface area contributed by atoms with Crippen LogP contribution in [0.1, 0.15) is 46.5 Å². The zero-order chi connectivity index (χ0) is 11.5. The second-order valence-electron chi connectivity index (χ2n) is 6.16. The van der Waals surface area contributed by atoms with Crippen molar-refractivity contribution >= 4 is 0 Å². The van der Waals surface area contributed by atoms with Gasteiger partial charge in [-0.2, -0.15) is 0 Å². The summed E-state index contributed by atoms with van der Waals surface area (Å²) in [7, 11) is 0. The molecule has 0 spiro atoms. The van der Waals surface area contributed by atoms with Gasteiger partial charge in [0, 0.05) is 18.6 Å². The van der Waals surface area contributed by atoms with E-state index in [0.717, 1.165) is 11.8 Å². The number of hydrogen-bond donors (Lipinski definition) is 1. The zero-order valence-electron chi connectivity index (χ0n) is 11.2. The van der Waals surface area contributed by atoms with Crippen LogP contribution >= 0.6 is 0 Å². The summed E-state index contributed by atoms with van der Waals surface area (Å²) in [5.74, 6) is 1.98. The molecule has 0 amide bonds. The van der Waals surface area contributed by atoms with Crippen LogP contribution in [0.2, 0.25) is 0 Å². The van der Waals surface area contributed by atoms with Gasteiger partial charge in [-0.15, -0.1) is 0 Å². The molecule has 2 heteroatoms. The van der Waals surface area contributed by atoms with Gasteiger partial charge >= 0.3 is 0 Å². The van der Waals surface area contributed by atoms with Crippen LogP contribution in [0.3, 0.4) is 0 Å². The first kappa shape index (κ1) is 12.4. The molecule has 0 radical (unpaired) electrons. The molecule has 2 rings (SSSR count). The van der Waals surface area contributed by atoms with Crippen LogP contribution in [0.15, 0.2) is 0 Å².